The molecule has 0 saturated carbocycles. The highest BCUT2D eigenvalue weighted by molar-refractivity contribution is 9.10. The lowest BCUT2D eigenvalue weighted by Gasteiger charge is -2.16. The minimum absolute atomic E-state index is 0.0749. The van der Waals surface area contributed by atoms with Crippen LogP contribution in [0.2, 0.25) is 0 Å². The first-order valence-electron chi connectivity index (χ1n) is 8.06. The Morgan fingerprint density at radius 2 is 1.72 bits per heavy atom. The summed E-state index contributed by atoms with van der Waals surface area (Å²) in [6.07, 6.45) is 0. The fraction of sp³-hybridized carbons (Fsp3) is 0.263. The van der Waals surface area contributed by atoms with E-state index in [-0.39, 0.29) is 24.5 Å². The van der Waals surface area contributed by atoms with Gasteiger partial charge in [0, 0.05) is 11.0 Å². The van der Waals surface area contributed by atoms with Crippen LogP contribution < -0.4 is 16.0 Å². The van der Waals surface area contributed by atoms with Crippen molar-refractivity contribution >= 4 is 27.9 Å². The van der Waals surface area contributed by atoms with Crippen LogP contribution in [0.25, 0.3) is 0 Å². The minimum Gasteiger partial charge on any atom is -0.348 e. The number of carbonyl (C=O) groups is 2. The number of nitrogens with one attached hydrogen (secondary N) is 3. The van der Waals surface area contributed by atoms with Gasteiger partial charge in [0.1, 0.15) is 0 Å². The molecule has 5 nitrogen and oxygen atoms in total. The van der Waals surface area contributed by atoms with Crippen LogP contribution in [-0.2, 0) is 11.3 Å². The van der Waals surface area contributed by atoms with E-state index in [1.807, 2.05) is 62.4 Å². The van der Waals surface area contributed by atoms with Gasteiger partial charge in [0.2, 0.25) is 5.91 Å². The van der Waals surface area contributed by atoms with Crippen molar-refractivity contribution < 1.29 is 9.59 Å². The van der Waals surface area contributed by atoms with Crippen LogP contribution in [0.5, 0.6) is 0 Å². The van der Waals surface area contributed by atoms with E-state index in [4.69, 9.17) is 0 Å². The lowest BCUT2D eigenvalue weighted by molar-refractivity contribution is -0.120. The lowest BCUT2D eigenvalue weighted by Crippen LogP contribution is -2.42. The van der Waals surface area contributed by atoms with Gasteiger partial charge >= 0.3 is 6.03 Å². The zero-order valence-electron chi connectivity index (χ0n) is 14.3. The molecule has 2 rings (SSSR count). The fourth-order valence-electron chi connectivity index (χ4n) is 2.31. The second-order valence-electron chi connectivity index (χ2n) is 5.83. The zero-order valence-corrected chi connectivity index (χ0v) is 15.9. The topological polar surface area (TPSA) is 70.2 Å². The summed E-state index contributed by atoms with van der Waals surface area (Å²) in [5, 5.41) is 8.15. The summed E-state index contributed by atoms with van der Waals surface area (Å²) >= 11 is 3.47. The monoisotopic (exact) mass is 403 g/mol. The Labute approximate surface area is 156 Å². The van der Waals surface area contributed by atoms with E-state index in [2.05, 4.69) is 31.9 Å². The van der Waals surface area contributed by atoms with E-state index in [0.717, 1.165) is 15.6 Å². The van der Waals surface area contributed by atoms with Crippen LogP contribution in [0.1, 0.15) is 29.7 Å². The quantitative estimate of drug-likeness (QED) is 0.691. The fourth-order valence-corrected chi connectivity index (χ4v) is 2.94. The van der Waals surface area contributed by atoms with Gasteiger partial charge in [-0.2, -0.15) is 0 Å². The molecule has 0 bridgehead atoms. The van der Waals surface area contributed by atoms with E-state index in [9.17, 15) is 9.59 Å². The number of hydrogen-bond acceptors (Lipinski definition) is 2. The maximum absolute atomic E-state index is 12.0. The third kappa shape index (κ3) is 6.23. The molecule has 25 heavy (non-hydrogen) atoms. The van der Waals surface area contributed by atoms with Gasteiger partial charge in [-0.15, -0.1) is 0 Å². The summed E-state index contributed by atoms with van der Waals surface area (Å²) in [7, 11) is 0. The van der Waals surface area contributed by atoms with Crippen molar-refractivity contribution in [3.05, 3.63) is 69.7 Å². The van der Waals surface area contributed by atoms with E-state index in [1.165, 1.54) is 5.56 Å². The number of rotatable bonds is 6. The molecule has 1 unspecified atom stereocenters. The molecule has 0 fully saturated rings. The molecular formula is C19H22BrN3O2. The molecule has 1 atom stereocenters. The SMILES string of the molecule is Cc1ccc(CNC(=O)NCC(=O)NC(C)c2ccccc2Br)cc1. The van der Waals surface area contributed by atoms with Crippen LogP contribution in [0.3, 0.4) is 0 Å². The minimum atomic E-state index is -0.371. The number of carbonyl (C=O) groups excluding carboxylic acids is 2. The normalized spacial score (nSPS) is 11.5. The van der Waals surface area contributed by atoms with Crippen molar-refractivity contribution in [2.45, 2.75) is 26.4 Å². The maximum atomic E-state index is 12.0. The van der Waals surface area contributed by atoms with Gasteiger partial charge in [-0.25, -0.2) is 4.79 Å². The van der Waals surface area contributed by atoms with E-state index in [0.29, 0.717) is 6.54 Å². The number of aryl methyl sites for hydroxylation is 1. The second kappa shape index (κ2) is 9.22. The molecule has 0 radical (unpaired) electrons. The van der Waals surface area contributed by atoms with Crippen LogP contribution >= 0.6 is 15.9 Å². The van der Waals surface area contributed by atoms with Gasteiger partial charge in [-0.3, -0.25) is 4.79 Å². The Morgan fingerprint density at radius 3 is 2.40 bits per heavy atom. The first kappa shape index (κ1) is 19.0. The smallest absolute Gasteiger partial charge is 0.315 e. The van der Waals surface area contributed by atoms with Crippen molar-refractivity contribution in [2.75, 3.05) is 6.54 Å². The third-order valence-corrected chi connectivity index (χ3v) is 4.45. The van der Waals surface area contributed by atoms with E-state index >= 15 is 0 Å². The van der Waals surface area contributed by atoms with Gasteiger partial charge in [-0.1, -0.05) is 64.0 Å². The van der Waals surface area contributed by atoms with E-state index < -0.39 is 0 Å². The predicted octanol–water partition coefficient (Wildman–Crippen LogP) is 3.43. The number of halogens is 1. The van der Waals surface area contributed by atoms with Crippen molar-refractivity contribution in [1.29, 1.82) is 0 Å². The molecule has 0 aliphatic rings. The van der Waals surface area contributed by atoms with Gasteiger partial charge in [0.25, 0.3) is 0 Å². The van der Waals surface area contributed by atoms with Gasteiger partial charge in [0.05, 0.1) is 12.6 Å². The van der Waals surface area contributed by atoms with Crippen molar-refractivity contribution in [1.82, 2.24) is 16.0 Å². The zero-order chi connectivity index (χ0) is 18.2. The third-order valence-electron chi connectivity index (χ3n) is 3.73. The van der Waals surface area contributed by atoms with Crippen LogP contribution in [0.4, 0.5) is 4.79 Å². The highest BCUT2D eigenvalue weighted by Crippen LogP contribution is 2.22. The molecule has 0 saturated heterocycles. The van der Waals surface area contributed by atoms with E-state index in [1.54, 1.807) is 0 Å². The first-order valence-corrected chi connectivity index (χ1v) is 8.86. The van der Waals surface area contributed by atoms with Gasteiger partial charge in [0.15, 0.2) is 0 Å². The number of urea groups is 1. The molecule has 132 valence electrons. The van der Waals surface area contributed by atoms with Crippen molar-refractivity contribution in [2.24, 2.45) is 0 Å². The van der Waals surface area contributed by atoms with Crippen LogP contribution in [0, 0.1) is 6.92 Å². The number of amides is 3. The van der Waals surface area contributed by atoms with Crippen molar-refractivity contribution in [3.8, 4) is 0 Å². The molecule has 2 aromatic rings. The van der Waals surface area contributed by atoms with Crippen LogP contribution in [-0.4, -0.2) is 18.5 Å². The molecule has 0 spiro atoms. The first-order chi connectivity index (χ1) is 12.0. The lowest BCUT2D eigenvalue weighted by atomic mass is 10.1. The van der Waals surface area contributed by atoms with Crippen molar-refractivity contribution in [3.63, 3.8) is 0 Å². The number of hydrogen-bond donors (Lipinski definition) is 3. The highest BCUT2D eigenvalue weighted by Gasteiger charge is 2.12. The summed E-state index contributed by atoms with van der Waals surface area (Å²) in [5.41, 5.74) is 3.16. The van der Waals surface area contributed by atoms with Crippen LogP contribution in [0.15, 0.2) is 53.0 Å². The number of benzene rings is 2. The summed E-state index contributed by atoms with van der Waals surface area (Å²) in [6, 6.07) is 15.1. The standard InChI is InChI=1S/C19H22BrN3O2/c1-13-7-9-15(10-8-13)11-21-19(25)22-12-18(24)23-14(2)16-5-3-4-6-17(16)20/h3-10,14H,11-12H2,1-2H3,(H,23,24)(H2,21,22,25). The highest BCUT2D eigenvalue weighted by atomic mass is 79.9. The second-order valence-corrected chi connectivity index (χ2v) is 6.69. The average molecular weight is 404 g/mol. The molecule has 6 heteroatoms. The Bertz CT molecular complexity index is 732. The molecule has 3 amide bonds. The van der Waals surface area contributed by atoms with Gasteiger partial charge < -0.3 is 16.0 Å². The summed E-state index contributed by atoms with van der Waals surface area (Å²) < 4.78 is 0.937. The molecule has 0 aromatic heterocycles. The Balaban J connectivity index is 1.73. The Hall–Kier alpha value is -2.34. The summed E-state index contributed by atoms with van der Waals surface area (Å²) in [5.74, 6) is -0.242. The Morgan fingerprint density at radius 1 is 1.04 bits per heavy atom. The molecular weight excluding hydrogens is 382 g/mol. The van der Waals surface area contributed by atoms with Gasteiger partial charge in [-0.05, 0) is 31.0 Å². The molecule has 0 aliphatic heterocycles. The molecule has 2 aromatic carbocycles. The summed E-state index contributed by atoms with van der Waals surface area (Å²) in [4.78, 5) is 23.8. The maximum Gasteiger partial charge on any atom is 0.315 e. The average Bonchev–Trinajstić information content (AvgIpc) is 2.59. The molecule has 3 N–H and O–H groups in total. The molecule has 0 heterocycles. The predicted molar refractivity (Wildman–Crippen MR) is 102 cm³/mol. The Kier molecular flexibility index (Phi) is 7.01. The molecule has 0 aliphatic carbocycles. The summed E-state index contributed by atoms with van der Waals surface area (Å²) in [6.45, 7) is 4.25. The largest absolute Gasteiger partial charge is 0.348 e.